The van der Waals surface area contributed by atoms with E-state index in [-0.39, 0.29) is 18.9 Å². The second-order valence-electron chi connectivity index (χ2n) is 7.88. The SMILES string of the molecule is CC1=C(C(=O)OCCC#N)C(c2cccc(Cl)c2)C(C(=O)NCCCN2CCOCC2)=CN1. The molecule has 1 aromatic rings. The number of halogens is 1. The quantitative estimate of drug-likeness (QED) is 0.420. The molecular weight excluding hydrogens is 444 g/mol. The largest absolute Gasteiger partial charge is 0.461 e. The molecule has 0 saturated carbocycles. The zero-order valence-corrected chi connectivity index (χ0v) is 19.5. The van der Waals surface area contributed by atoms with Crippen LogP contribution in [0, 0.1) is 11.3 Å². The Hall–Kier alpha value is -2.86. The summed E-state index contributed by atoms with van der Waals surface area (Å²) in [4.78, 5) is 28.4. The molecule has 0 aliphatic carbocycles. The van der Waals surface area contributed by atoms with Crippen molar-refractivity contribution >= 4 is 23.5 Å². The first kappa shape index (κ1) is 24.8. The van der Waals surface area contributed by atoms with Crippen molar-refractivity contribution in [2.45, 2.75) is 25.7 Å². The van der Waals surface area contributed by atoms with E-state index in [1.165, 1.54) is 0 Å². The average Bonchev–Trinajstić information content (AvgIpc) is 2.82. The van der Waals surface area contributed by atoms with Crippen LogP contribution in [0.25, 0.3) is 0 Å². The molecule has 0 spiro atoms. The maximum atomic E-state index is 13.1. The summed E-state index contributed by atoms with van der Waals surface area (Å²) >= 11 is 6.22. The van der Waals surface area contributed by atoms with E-state index in [2.05, 4.69) is 15.5 Å². The number of nitrogens with zero attached hydrogens (tertiary/aromatic N) is 2. The van der Waals surface area contributed by atoms with Crippen LogP contribution < -0.4 is 10.6 Å². The minimum atomic E-state index is -0.640. The Morgan fingerprint density at radius 1 is 1.36 bits per heavy atom. The van der Waals surface area contributed by atoms with Crippen LogP contribution in [0.2, 0.25) is 5.02 Å². The number of rotatable bonds is 9. The van der Waals surface area contributed by atoms with Gasteiger partial charge in [0, 0.05) is 48.0 Å². The summed E-state index contributed by atoms with van der Waals surface area (Å²) in [5.74, 6) is -1.46. The molecule has 2 heterocycles. The monoisotopic (exact) mass is 472 g/mol. The molecule has 2 aliphatic rings. The van der Waals surface area contributed by atoms with Gasteiger partial charge < -0.3 is 20.1 Å². The zero-order valence-electron chi connectivity index (χ0n) is 18.7. The number of nitrogens with one attached hydrogen (secondary N) is 2. The molecule has 2 N–H and O–H groups in total. The third-order valence-electron chi connectivity index (χ3n) is 5.60. The Labute approximate surface area is 199 Å². The summed E-state index contributed by atoms with van der Waals surface area (Å²) in [6, 6.07) is 9.05. The highest BCUT2D eigenvalue weighted by Gasteiger charge is 2.35. The van der Waals surface area contributed by atoms with E-state index in [0.29, 0.717) is 34.0 Å². The van der Waals surface area contributed by atoms with E-state index >= 15 is 0 Å². The molecule has 8 nitrogen and oxygen atoms in total. The van der Waals surface area contributed by atoms with E-state index in [4.69, 9.17) is 26.3 Å². The van der Waals surface area contributed by atoms with E-state index in [1.807, 2.05) is 12.1 Å². The van der Waals surface area contributed by atoms with Gasteiger partial charge in [0.05, 0.1) is 31.3 Å². The number of esters is 1. The molecule has 1 unspecified atom stereocenters. The highest BCUT2D eigenvalue weighted by atomic mass is 35.5. The number of ether oxygens (including phenoxy) is 2. The van der Waals surface area contributed by atoms with Crippen LogP contribution in [0.5, 0.6) is 0 Å². The van der Waals surface area contributed by atoms with Crippen LogP contribution in [-0.4, -0.2) is 62.8 Å². The third-order valence-corrected chi connectivity index (χ3v) is 5.83. The molecule has 33 heavy (non-hydrogen) atoms. The summed E-state index contributed by atoms with van der Waals surface area (Å²) in [6.45, 7) is 6.43. The van der Waals surface area contributed by atoms with Crippen molar-refractivity contribution in [1.82, 2.24) is 15.5 Å². The molecule has 9 heteroatoms. The van der Waals surface area contributed by atoms with Gasteiger partial charge >= 0.3 is 5.97 Å². The number of nitriles is 1. The van der Waals surface area contributed by atoms with E-state index in [9.17, 15) is 9.59 Å². The molecule has 2 aliphatic heterocycles. The van der Waals surface area contributed by atoms with Crippen molar-refractivity contribution in [3.63, 3.8) is 0 Å². The van der Waals surface area contributed by atoms with Crippen LogP contribution in [0.15, 0.2) is 47.3 Å². The standard InChI is InChI=1S/C24H29ClN4O4/c1-17-21(24(31)33-12-3-7-26)22(18-5-2-6-19(25)15-18)20(16-28-17)23(30)27-8-4-9-29-10-13-32-14-11-29/h2,5-6,15-16,22,28H,3-4,8-14H2,1H3,(H,27,30). The van der Waals surface area contributed by atoms with Gasteiger partial charge in [-0.3, -0.25) is 9.69 Å². The first-order valence-electron chi connectivity index (χ1n) is 11.1. The predicted molar refractivity (Wildman–Crippen MR) is 124 cm³/mol. The number of hydrogen-bond donors (Lipinski definition) is 2. The maximum Gasteiger partial charge on any atom is 0.336 e. The molecule has 1 saturated heterocycles. The lowest BCUT2D eigenvalue weighted by molar-refractivity contribution is -0.139. The Morgan fingerprint density at radius 2 is 2.15 bits per heavy atom. The average molecular weight is 473 g/mol. The fourth-order valence-electron chi connectivity index (χ4n) is 3.92. The number of morpholine rings is 1. The van der Waals surface area contributed by atoms with Crippen molar-refractivity contribution < 1.29 is 19.1 Å². The van der Waals surface area contributed by atoms with E-state index in [1.54, 1.807) is 31.3 Å². The number of carbonyl (C=O) groups excluding carboxylic acids is 2. The van der Waals surface area contributed by atoms with Gasteiger partial charge in [0.2, 0.25) is 5.91 Å². The second kappa shape index (κ2) is 12.4. The maximum absolute atomic E-state index is 13.1. The van der Waals surface area contributed by atoms with Crippen LogP contribution in [0.1, 0.15) is 31.2 Å². The Morgan fingerprint density at radius 3 is 2.88 bits per heavy atom. The van der Waals surface area contributed by atoms with Crippen LogP contribution in [-0.2, 0) is 19.1 Å². The lowest BCUT2D eigenvalue weighted by Gasteiger charge is -2.29. The number of carbonyl (C=O) groups is 2. The Bertz CT molecular complexity index is 963. The second-order valence-corrected chi connectivity index (χ2v) is 8.31. The summed E-state index contributed by atoms with van der Waals surface area (Å²) in [7, 11) is 0. The first-order chi connectivity index (χ1) is 16.0. The highest BCUT2D eigenvalue weighted by Crippen LogP contribution is 2.37. The van der Waals surface area contributed by atoms with Crippen molar-refractivity contribution in [2.75, 3.05) is 46.0 Å². The minimum Gasteiger partial charge on any atom is -0.461 e. The molecule has 176 valence electrons. The fourth-order valence-corrected chi connectivity index (χ4v) is 4.12. The lowest BCUT2D eigenvalue weighted by Crippen LogP contribution is -2.39. The molecule has 3 rings (SSSR count). The molecule has 0 aromatic heterocycles. The van der Waals surface area contributed by atoms with Crippen molar-refractivity contribution in [3.8, 4) is 6.07 Å². The van der Waals surface area contributed by atoms with Gasteiger partial charge in [-0.05, 0) is 37.6 Å². The predicted octanol–water partition coefficient (Wildman–Crippen LogP) is 2.48. The normalized spacial score (nSPS) is 18.7. The van der Waals surface area contributed by atoms with Gasteiger partial charge in [-0.1, -0.05) is 23.7 Å². The van der Waals surface area contributed by atoms with Crippen LogP contribution >= 0.6 is 11.6 Å². The van der Waals surface area contributed by atoms with Crippen molar-refractivity contribution in [3.05, 3.63) is 57.9 Å². The van der Waals surface area contributed by atoms with Gasteiger partial charge in [0.15, 0.2) is 0 Å². The van der Waals surface area contributed by atoms with Gasteiger partial charge in [0.25, 0.3) is 0 Å². The number of allylic oxidation sites excluding steroid dienone is 1. The minimum absolute atomic E-state index is 0.0127. The number of dihydropyridines is 1. The molecule has 1 aromatic carbocycles. The van der Waals surface area contributed by atoms with Crippen LogP contribution in [0.3, 0.4) is 0 Å². The summed E-state index contributed by atoms with van der Waals surface area (Å²) < 4.78 is 10.7. The van der Waals surface area contributed by atoms with E-state index in [0.717, 1.165) is 39.3 Å². The first-order valence-corrected chi connectivity index (χ1v) is 11.4. The van der Waals surface area contributed by atoms with Gasteiger partial charge in [-0.25, -0.2) is 4.79 Å². The smallest absolute Gasteiger partial charge is 0.336 e. The zero-order chi connectivity index (χ0) is 23.6. The molecule has 1 fully saturated rings. The summed E-state index contributed by atoms with van der Waals surface area (Å²) in [5, 5.41) is 15.3. The number of amides is 1. The third kappa shape index (κ3) is 6.81. The van der Waals surface area contributed by atoms with Gasteiger partial charge in [-0.15, -0.1) is 0 Å². The topological polar surface area (TPSA) is 104 Å². The summed E-state index contributed by atoms with van der Waals surface area (Å²) in [6.07, 6.45) is 2.54. The lowest BCUT2D eigenvalue weighted by atomic mass is 9.81. The Balaban J connectivity index is 1.73. The summed E-state index contributed by atoms with van der Waals surface area (Å²) in [5.41, 5.74) is 2.04. The van der Waals surface area contributed by atoms with Crippen molar-refractivity contribution in [1.29, 1.82) is 5.26 Å². The Kier molecular flexibility index (Phi) is 9.31. The van der Waals surface area contributed by atoms with Crippen molar-refractivity contribution in [2.24, 2.45) is 0 Å². The number of benzene rings is 1. The molecule has 0 bridgehead atoms. The van der Waals surface area contributed by atoms with Crippen LogP contribution in [0.4, 0.5) is 0 Å². The number of hydrogen-bond acceptors (Lipinski definition) is 7. The molecule has 0 radical (unpaired) electrons. The molecule has 1 amide bonds. The van der Waals surface area contributed by atoms with Gasteiger partial charge in [-0.2, -0.15) is 5.26 Å². The fraction of sp³-hybridized carbons (Fsp3) is 0.458. The van der Waals surface area contributed by atoms with Gasteiger partial charge in [0.1, 0.15) is 6.61 Å². The highest BCUT2D eigenvalue weighted by molar-refractivity contribution is 6.30. The molecular formula is C24H29ClN4O4. The van der Waals surface area contributed by atoms with E-state index < -0.39 is 11.9 Å². The molecule has 1 atom stereocenters.